The summed E-state index contributed by atoms with van der Waals surface area (Å²) >= 11 is 0. The number of methoxy groups -OCH3 is 1. The minimum atomic E-state index is -0.615. The predicted molar refractivity (Wildman–Crippen MR) is 112 cm³/mol. The zero-order chi connectivity index (χ0) is 21.8. The highest BCUT2D eigenvalue weighted by Gasteiger charge is 2.28. The molecule has 2 amide bonds. The molecule has 0 fully saturated rings. The maximum Gasteiger partial charge on any atom is 0.338 e. The van der Waals surface area contributed by atoms with Gasteiger partial charge < -0.3 is 20.1 Å². The van der Waals surface area contributed by atoms with Crippen LogP contribution in [0.1, 0.15) is 35.3 Å². The number of hydrogen-bond donors (Lipinski definition) is 2. The van der Waals surface area contributed by atoms with Crippen LogP contribution in [-0.2, 0) is 20.7 Å². The first kappa shape index (κ1) is 21.4. The predicted octanol–water partition coefficient (Wildman–Crippen LogP) is 2.39. The third-order valence-electron chi connectivity index (χ3n) is 4.98. The van der Waals surface area contributed by atoms with E-state index in [2.05, 4.69) is 16.7 Å². The molecule has 0 saturated heterocycles. The minimum absolute atomic E-state index is 0.237. The summed E-state index contributed by atoms with van der Waals surface area (Å²) < 4.78 is 11.1. The topological polar surface area (TPSA) is 93.7 Å². The molecule has 0 aliphatic carbocycles. The van der Waals surface area contributed by atoms with E-state index in [0.717, 1.165) is 22.3 Å². The largest absolute Gasteiger partial charge is 0.487 e. The van der Waals surface area contributed by atoms with Crippen LogP contribution < -0.4 is 15.4 Å². The zero-order valence-electron chi connectivity index (χ0n) is 17.6. The fraction of sp³-hybridized carbons (Fsp3) is 0.348. The lowest BCUT2D eigenvalue weighted by atomic mass is 9.94. The van der Waals surface area contributed by atoms with Gasteiger partial charge in [-0.2, -0.15) is 0 Å². The summed E-state index contributed by atoms with van der Waals surface area (Å²) in [7, 11) is 1.36. The molecule has 2 N–H and O–H groups in total. The maximum absolute atomic E-state index is 12.2. The fourth-order valence-electron chi connectivity index (χ4n) is 3.65. The summed E-state index contributed by atoms with van der Waals surface area (Å²) in [6.45, 7) is 5.31. The van der Waals surface area contributed by atoms with E-state index in [1.165, 1.54) is 14.0 Å². The second-order valence-corrected chi connectivity index (χ2v) is 7.45. The Kier molecular flexibility index (Phi) is 6.40. The van der Waals surface area contributed by atoms with Crippen molar-refractivity contribution in [1.29, 1.82) is 0 Å². The summed E-state index contributed by atoms with van der Waals surface area (Å²) in [5.41, 5.74) is 4.12. The smallest absolute Gasteiger partial charge is 0.338 e. The first-order chi connectivity index (χ1) is 14.3. The van der Waals surface area contributed by atoms with Crippen LogP contribution in [0.3, 0.4) is 0 Å². The van der Waals surface area contributed by atoms with Crippen LogP contribution in [0.2, 0.25) is 0 Å². The molecule has 0 unspecified atom stereocenters. The molecule has 1 heterocycles. The summed E-state index contributed by atoms with van der Waals surface area (Å²) in [6, 6.07) is 10.7. The Morgan fingerprint density at radius 2 is 1.93 bits per heavy atom. The number of aryl methyl sites for hydroxylation is 1. The van der Waals surface area contributed by atoms with Crippen molar-refractivity contribution in [2.75, 3.05) is 13.7 Å². The summed E-state index contributed by atoms with van der Waals surface area (Å²) in [6.07, 6.45) is 0.401. The van der Waals surface area contributed by atoms with Gasteiger partial charge >= 0.3 is 5.97 Å². The molecular formula is C23H26N2O5. The standard InChI is InChI=1S/C23H26N2O5/c1-13-9-16-11-17(12-24-22(27)14(2)25-15(3)26)30-21(16)20(10-13)18-7-5-6-8-19(18)23(28)29-4/h5-10,14,17H,11-12H2,1-4H3,(H,24,27)(H,25,26)/t14-,17-/m0/s1. The summed E-state index contributed by atoms with van der Waals surface area (Å²) in [5, 5.41) is 5.38. The molecule has 2 atom stereocenters. The Balaban J connectivity index is 1.81. The SMILES string of the molecule is COC(=O)c1ccccc1-c1cc(C)cc2c1O[C@H](CNC(=O)[C@H](C)NC(C)=O)C2. The minimum Gasteiger partial charge on any atom is -0.487 e. The fourth-order valence-corrected chi connectivity index (χ4v) is 3.65. The van der Waals surface area contributed by atoms with Crippen molar-refractivity contribution in [2.24, 2.45) is 0 Å². The van der Waals surface area contributed by atoms with Crippen molar-refractivity contribution in [1.82, 2.24) is 10.6 Å². The number of hydrogen-bond acceptors (Lipinski definition) is 5. The zero-order valence-corrected chi connectivity index (χ0v) is 17.6. The van der Waals surface area contributed by atoms with E-state index in [0.29, 0.717) is 24.3 Å². The molecule has 0 aromatic heterocycles. The van der Waals surface area contributed by atoms with E-state index in [-0.39, 0.29) is 17.9 Å². The van der Waals surface area contributed by atoms with Gasteiger partial charge in [-0.3, -0.25) is 9.59 Å². The van der Waals surface area contributed by atoms with Gasteiger partial charge in [-0.25, -0.2) is 4.79 Å². The number of benzene rings is 2. The highest BCUT2D eigenvalue weighted by molar-refractivity contribution is 5.98. The number of nitrogens with one attached hydrogen (secondary N) is 2. The van der Waals surface area contributed by atoms with Gasteiger partial charge in [0.05, 0.1) is 19.2 Å². The second-order valence-electron chi connectivity index (χ2n) is 7.45. The highest BCUT2D eigenvalue weighted by Crippen LogP contribution is 2.41. The molecular weight excluding hydrogens is 384 g/mol. The molecule has 30 heavy (non-hydrogen) atoms. The van der Waals surface area contributed by atoms with E-state index in [1.807, 2.05) is 25.1 Å². The Bertz CT molecular complexity index is 986. The van der Waals surface area contributed by atoms with Gasteiger partial charge in [-0.1, -0.05) is 24.3 Å². The van der Waals surface area contributed by atoms with Crippen molar-refractivity contribution < 1.29 is 23.9 Å². The lowest BCUT2D eigenvalue weighted by molar-refractivity contribution is -0.127. The monoisotopic (exact) mass is 410 g/mol. The molecule has 0 radical (unpaired) electrons. The van der Waals surface area contributed by atoms with Gasteiger partial charge in [0.15, 0.2) is 0 Å². The molecule has 2 aromatic carbocycles. The van der Waals surface area contributed by atoms with Crippen molar-refractivity contribution in [3.8, 4) is 16.9 Å². The summed E-state index contributed by atoms with van der Waals surface area (Å²) in [4.78, 5) is 35.5. The highest BCUT2D eigenvalue weighted by atomic mass is 16.5. The number of amides is 2. The molecule has 2 aromatic rings. The first-order valence-electron chi connectivity index (χ1n) is 9.82. The quantitative estimate of drug-likeness (QED) is 0.714. The van der Waals surface area contributed by atoms with Gasteiger partial charge in [0.2, 0.25) is 11.8 Å². The van der Waals surface area contributed by atoms with Crippen LogP contribution in [0.15, 0.2) is 36.4 Å². The molecule has 7 heteroatoms. The molecule has 0 spiro atoms. The van der Waals surface area contributed by atoms with E-state index in [1.54, 1.807) is 19.1 Å². The Labute approximate surface area is 175 Å². The Morgan fingerprint density at radius 1 is 1.20 bits per heavy atom. The molecule has 1 aliphatic rings. The van der Waals surface area contributed by atoms with Gasteiger partial charge in [0.25, 0.3) is 0 Å². The van der Waals surface area contributed by atoms with Crippen molar-refractivity contribution in [3.63, 3.8) is 0 Å². The lowest BCUT2D eigenvalue weighted by Gasteiger charge is -2.17. The van der Waals surface area contributed by atoms with Crippen molar-refractivity contribution in [3.05, 3.63) is 53.1 Å². The molecule has 3 rings (SSSR count). The maximum atomic E-state index is 12.2. The van der Waals surface area contributed by atoms with Crippen LogP contribution in [0, 0.1) is 6.92 Å². The van der Waals surface area contributed by atoms with Crippen LogP contribution >= 0.6 is 0 Å². The summed E-state index contributed by atoms with van der Waals surface area (Å²) in [5.74, 6) is -0.218. The third-order valence-corrected chi connectivity index (χ3v) is 4.98. The van der Waals surface area contributed by atoms with Crippen LogP contribution in [0.4, 0.5) is 0 Å². The number of carbonyl (C=O) groups excluding carboxylic acids is 3. The second kappa shape index (κ2) is 8.98. The van der Waals surface area contributed by atoms with Crippen LogP contribution in [0.25, 0.3) is 11.1 Å². The molecule has 0 bridgehead atoms. The number of esters is 1. The van der Waals surface area contributed by atoms with E-state index in [4.69, 9.17) is 9.47 Å². The average molecular weight is 410 g/mol. The number of fused-ring (bicyclic) bond motifs is 1. The lowest BCUT2D eigenvalue weighted by Crippen LogP contribution is -2.46. The first-order valence-corrected chi connectivity index (χ1v) is 9.82. The van der Waals surface area contributed by atoms with E-state index >= 15 is 0 Å². The van der Waals surface area contributed by atoms with Crippen molar-refractivity contribution in [2.45, 2.75) is 39.3 Å². The molecule has 1 aliphatic heterocycles. The normalized spacial score (nSPS) is 15.5. The van der Waals surface area contributed by atoms with Gasteiger partial charge in [0, 0.05) is 18.9 Å². The average Bonchev–Trinajstić information content (AvgIpc) is 3.12. The number of rotatable bonds is 6. The third kappa shape index (κ3) is 4.62. The van der Waals surface area contributed by atoms with Crippen LogP contribution in [-0.4, -0.2) is 43.6 Å². The number of ether oxygens (including phenoxy) is 2. The van der Waals surface area contributed by atoms with E-state index in [9.17, 15) is 14.4 Å². The molecule has 7 nitrogen and oxygen atoms in total. The van der Waals surface area contributed by atoms with E-state index < -0.39 is 12.0 Å². The molecule has 0 saturated carbocycles. The number of carbonyl (C=O) groups is 3. The van der Waals surface area contributed by atoms with Gasteiger partial charge in [0.1, 0.15) is 17.9 Å². The van der Waals surface area contributed by atoms with Gasteiger partial charge in [-0.05, 0) is 42.7 Å². The molecule has 158 valence electrons. The van der Waals surface area contributed by atoms with Crippen molar-refractivity contribution >= 4 is 17.8 Å². The van der Waals surface area contributed by atoms with Crippen LogP contribution in [0.5, 0.6) is 5.75 Å². The Morgan fingerprint density at radius 3 is 2.63 bits per heavy atom. The Hall–Kier alpha value is -3.35. The van der Waals surface area contributed by atoms with Gasteiger partial charge in [-0.15, -0.1) is 0 Å².